The molecule has 0 spiro atoms. The van der Waals surface area contributed by atoms with Gasteiger partial charge in [0, 0.05) is 19.1 Å². The van der Waals surface area contributed by atoms with Crippen LogP contribution in [0.4, 0.5) is 4.79 Å². The predicted octanol–water partition coefficient (Wildman–Crippen LogP) is 0.737. The topological polar surface area (TPSA) is 81.7 Å². The molecule has 0 saturated carbocycles. The van der Waals surface area contributed by atoms with E-state index in [-0.39, 0.29) is 18.6 Å². The molecule has 2 amide bonds. The molecule has 1 aliphatic rings. The molecular weight excluding hydrogens is 246 g/mol. The Bertz CT molecular complexity index is 322. The largest absolute Gasteiger partial charge is 0.481 e. The van der Waals surface area contributed by atoms with Gasteiger partial charge in [-0.2, -0.15) is 0 Å². The highest BCUT2D eigenvalue weighted by atomic mass is 16.4. The Labute approximate surface area is 114 Å². The van der Waals surface area contributed by atoms with Crippen LogP contribution in [-0.2, 0) is 4.79 Å². The van der Waals surface area contributed by atoms with Crippen LogP contribution in [0.3, 0.4) is 0 Å². The fraction of sp³-hybridized carbons (Fsp3) is 0.846. The first-order valence-electron chi connectivity index (χ1n) is 6.89. The zero-order valence-electron chi connectivity index (χ0n) is 12.0. The maximum atomic E-state index is 11.8. The molecule has 1 fully saturated rings. The van der Waals surface area contributed by atoms with E-state index in [0.717, 1.165) is 19.5 Å². The Morgan fingerprint density at radius 1 is 1.47 bits per heavy atom. The molecule has 1 aliphatic heterocycles. The number of rotatable bonds is 5. The van der Waals surface area contributed by atoms with Crippen molar-refractivity contribution >= 4 is 12.0 Å². The van der Waals surface area contributed by atoms with Crippen molar-refractivity contribution in [2.75, 3.05) is 26.7 Å². The Kier molecular flexibility index (Phi) is 6.08. The van der Waals surface area contributed by atoms with E-state index in [9.17, 15) is 9.59 Å². The molecular formula is C13H25N3O3. The number of aliphatic carboxylic acids is 1. The van der Waals surface area contributed by atoms with Crippen molar-refractivity contribution in [3.63, 3.8) is 0 Å². The molecule has 19 heavy (non-hydrogen) atoms. The second kappa shape index (κ2) is 7.33. The molecule has 110 valence electrons. The lowest BCUT2D eigenvalue weighted by Gasteiger charge is -2.35. The summed E-state index contributed by atoms with van der Waals surface area (Å²) in [5.74, 6) is -0.970. The second-order valence-corrected chi connectivity index (χ2v) is 5.43. The highest BCUT2D eigenvalue weighted by Crippen LogP contribution is 2.15. The number of hydrogen-bond donors (Lipinski definition) is 3. The number of hydrogen-bond acceptors (Lipinski definition) is 3. The Morgan fingerprint density at radius 2 is 2.16 bits per heavy atom. The van der Waals surface area contributed by atoms with Crippen LogP contribution in [0.25, 0.3) is 0 Å². The summed E-state index contributed by atoms with van der Waals surface area (Å²) in [7, 11) is 2.07. The summed E-state index contributed by atoms with van der Waals surface area (Å²) in [4.78, 5) is 24.8. The quantitative estimate of drug-likeness (QED) is 0.689. The molecule has 1 saturated heterocycles. The smallest absolute Gasteiger partial charge is 0.315 e. The van der Waals surface area contributed by atoms with E-state index in [2.05, 4.69) is 29.5 Å². The Balaban J connectivity index is 2.33. The van der Waals surface area contributed by atoms with Gasteiger partial charge in [-0.3, -0.25) is 4.79 Å². The van der Waals surface area contributed by atoms with Crippen molar-refractivity contribution in [3.8, 4) is 0 Å². The lowest BCUT2D eigenvalue weighted by Crippen LogP contribution is -2.52. The third-order valence-corrected chi connectivity index (χ3v) is 3.78. The first-order valence-corrected chi connectivity index (χ1v) is 6.89. The van der Waals surface area contributed by atoms with E-state index in [1.54, 1.807) is 6.92 Å². The van der Waals surface area contributed by atoms with Crippen LogP contribution in [0.2, 0.25) is 0 Å². The zero-order valence-corrected chi connectivity index (χ0v) is 12.0. The van der Waals surface area contributed by atoms with Crippen molar-refractivity contribution < 1.29 is 14.7 Å². The molecule has 3 N–H and O–H groups in total. The number of nitrogens with zero attached hydrogens (tertiary/aromatic N) is 1. The Morgan fingerprint density at radius 3 is 2.68 bits per heavy atom. The summed E-state index contributed by atoms with van der Waals surface area (Å²) in [5, 5.41) is 14.5. The van der Waals surface area contributed by atoms with Crippen LogP contribution in [0.15, 0.2) is 0 Å². The molecule has 1 rings (SSSR count). The van der Waals surface area contributed by atoms with Crippen LogP contribution in [0.1, 0.15) is 26.7 Å². The van der Waals surface area contributed by atoms with E-state index < -0.39 is 11.9 Å². The van der Waals surface area contributed by atoms with Gasteiger partial charge < -0.3 is 20.6 Å². The van der Waals surface area contributed by atoms with Gasteiger partial charge in [-0.05, 0) is 32.4 Å². The lowest BCUT2D eigenvalue weighted by molar-refractivity contribution is -0.141. The number of carbonyl (C=O) groups is 2. The average molecular weight is 271 g/mol. The zero-order chi connectivity index (χ0) is 14.4. The molecule has 0 radical (unpaired) electrons. The van der Waals surface area contributed by atoms with Crippen molar-refractivity contribution in [2.45, 2.75) is 32.7 Å². The highest BCUT2D eigenvalue weighted by molar-refractivity contribution is 5.76. The first kappa shape index (κ1) is 15.8. The number of carboxylic acid groups (broad SMARTS) is 1. The molecule has 0 aromatic rings. The maximum absolute atomic E-state index is 11.8. The minimum Gasteiger partial charge on any atom is -0.481 e. The van der Waals surface area contributed by atoms with Gasteiger partial charge in [0.05, 0.1) is 5.92 Å². The van der Waals surface area contributed by atoms with Crippen molar-refractivity contribution in [2.24, 2.45) is 11.8 Å². The van der Waals surface area contributed by atoms with E-state index in [1.165, 1.54) is 0 Å². The molecule has 1 heterocycles. The number of nitrogens with one attached hydrogen (secondary N) is 2. The van der Waals surface area contributed by atoms with Gasteiger partial charge in [-0.25, -0.2) is 4.79 Å². The molecule has 3 atom stereocenters. The van der Waals surface area contributed by atoms with Gasteiger partial charge in [0.2, 0.25) is 0 Å². The van der Waals surface area contributed by atoms with Crippen molar-refractivity contribution in [3.05, 3.63) is 0 Å². The third kappa shape index (κ3) is 5.06. The standard InChI is InChI=1S/C13H25N3O3/c1-4-10(12(17)18)7-14-13(19)15-11-5-6-16(3)8-9(11)2/h9-11H,4-8H2,1-3H3,(H,17,18)(H2,14,15,19). The van der Waals surface area contributed by atoms with Gasteiger partial charge in [-0.15, -0.1) is 0 Å². The summed E-state index contributed by atoms with van der Waals surface area (Å²) >= 11 is 0. The monoisotopic (exact) mass is 271 g/mol. The van der Waals surface area contributed by atoms with E-state index in [1.807, 2.05) is 0 Å². The fourth-order valence-electron chi connectivity index (χ4n) is 2.41. The third-order valence-electron chi connectivity index (χ3n) is 3.78. The molecule has 0 bridgehead atoms. The minimum absolute atomic E-state index is 0.168. The molecule has 0 aromatic heterocycles. The van der Waals surface area contributed by atoms with E-state index in [0.29, 0.717) is 12.3 Å². The van der Waals surface area contributed by atoms with Crippen LogP contribution in [0, 0.1) is 11.8 Å². The van der Waals surface area contributed by atoms with E-state index >= 15 is 0 Å². The average Bonchev–Trinajstić information content (AvgIpc) is 2.33. The molecule has 6 nitrogen and oxygen atoms in total. The SMILES string of the molecule is CCC(CNC(=O)NC1CCN(C)CC1C)C(=O)O. The second-order valence-electron chi connectivity index (χ2n) is 5.43. The first-order chi connectivity index (χ1) is 8.93. The number of likely N-dealkylation sites (tertiary alicyclic amines) is 1. The van der Waals surface area contributed by atoms with Crippen LogP contribution >= 0.6 is 0 Å². The van der Waals surface area contributed by atoms with Crippen molar-refractivity contribution in [1.29, 1.82) is 0 Å². The van der Waals surface area contributed by atoms with Crippen molar-refractivity contribution in [1.82, 2.24) is 15.5 Å². The van der Waals surface area contributed by atoms with Gasteiger partial charge in [0.15, 0.2) is 0 Å². The molecule has 6 heteroatoms. The minimum atomic E-state index is -0.865. The molecule has 3 unspecified atom stereocenters. The number of piperidine rings is 1. The van der Waals surface area contributed by atoms with Crippen LogP contribution in [0.5, 0.6) is 0 Å². The maximum Gasteiger partial charge on any atom is 0.315 e. The van der Waals surface area contributed by atoms with Gasteiger partial charge in [0.1, 0.15) is 0 Å². The molecule has 0 aromatic carbocycles. The summed E-state index contributed by atoms with van der Waals surface area (Å²) in [6.45, 7) is 6.04. The summed E-state index contributed by atoms with van der Waals surface area (Å²) in [6, 6.07) is -0.0952. The highest BCUT2D eigenvalue weighted by Gasteiger charge is 2.25. The van der Waals surface area contributed by atoms with Crippen LogP contribution in [-0.4, -0.2) is 54.7 Å². The Hall–Kier alpha value is -1.30. The number of carboxylic acids is 1. The number of amides is 2. The number of urea groups is 1. The van der Waals surface area contributed by atoms with E-state index in [4.69, 9.17) is 5.11 Å². The normalized spacial score (nSPS) is 25.6. The molecule has 0 aliphatic carbocycles. The lowest BCUT2D eigenvalue weighted by atomic mass is 9.94. The summed E-state index contributed by atoms with van der Waals surface area (Å²) < 4.78 is 0. The fourth-order valence-corrected chi connectivity index (χ4v) is 2.41. The van der Waals surface area contributed by atoms with Crippen LogP contribution < -0.4 is 10.6 Å². The van der Waals surface area contributed by atoms with Gasteiger partial charge in [-0.1, -0.05) is 13.8 Å². The summed E-state index contributed by atoms with van der Waals surface area (Å²) in [5.41, 5.74) is 0. The predicted molar refractivity (Wildman–Crippen MR) is 73.0 cm³/mol. The van der Waals surface area contributed by atoms with Gasteiger partial charge >= 0.3 is 12.0 Å². The van der Waals surface area contributed by atoms with Gasteiger partial charge in [0.25, 0.3) is 0 Å². The number of carbonyl (C=O) groups excluding carboxylic acids is 1. The summed E-state index contributed by atoms with van der Waals surface area (Å²) in [6.07, 6.45) is 1.45.